The quantitative estimate of drug-likeness (QED) is 0.582. The summed E-state index contributed by atoms with van der Waals surface area (Å²) < 4.78 is 0. The van der Waals surface area contributed by atoms with Crippen LogP contribution in [0.4, 0.5) is 0 Å². The van der Waals surface area contributed by atoms with Crippen molar-refractivity contribution >= 4 is 15.9 Å². The van der Waals surface area contributed by atoms with Gasteiger partial charge in [-0.3, -0.25) is 4.90 Å². The molecule has 0 aromatic carbocycles. The molecule has 1 rings (SSSR count). The molecule has 1 saturated heterocycles. The van der Waals surface area contributed by atoms with Crippen LogP contribution in [0.15, 0.2) is 0 Å². The fraction of sp³-hybridized carbons (Fsp3) is 1.00. The first-order valence-corrected chi connectivity index (χ1v) is 5.55. The van der Waals surface area contributed by atoms with Crippen LogP contribution >= 0.6 is 15.9 Å². The fourth-order valence-corrected chi connectivity index (χ4v) is 3.83. The van der Waals surface area contributed by atoms with Crippen LogP contribution in [0.1, 0.15) is 40.5 Å². The van der Waals surface area contributed by atoms with Crippen LogP contribution in [0.3, 0.4) is 0 Å². The van der Waals surface area contributed by atoms with Crippen molar-refractivity contribution in [1.29, 1.82) is 0 Å². The van der Waals surface area contributed by atoms with E-state index in [1.165, 1.54) is 12.8 Å². The minimum absolute atomic E-state index is 0.329. The van der Waals surface area contributed by atoms with Crippen molar-refractivity contribution in [3.63, 3.8) is 0 Å². The number of halogens is 1. The zero-order valence-corrected chi connectivity index (χ0v) is 10.4. The number of likely N-dealkylation sites (tertiary alicyclic amines) is 1. The molecule has 2 heteroatoms. The minimum Gasteiger partial charge on any atom is -0.296 e. The summed E-state index contributed by atoms with van der Waals surface area (Å²) in [5.74, 6) is 0. The lowest BCUT2D eigenvalue weighted by Gasteiger charge is -2.52. The van der Waals surface area contributed by atoms with Crippen LogP contribution < -0.4 is 0 Å². The van der Waals surface area contributed by atoms with Crippen LogP contribution in [0.5, 0.6) is 0 Å². The van der Waals surface area contributed by atoms with Gasteiger partial charge in [0.25, 0.3) is 0 Å². The number of hydrogen-bond donors (Lipinski definition) is 0. The molecule has 1 aliphatic heterocycles. The Hall–Kier alpha value is 0.440. The van der Waals surface area contributed by atoms with Crippen LogP contribution in [-0.2, 0) is 0 Å². The maximum Gasteiger partial charge on any atom is 0.0180 e. The van der Waals surface area contributed by atoms with Gasteiger partial charge >= 0.3 is 0 Å². The first-order valence-electron chi connectivity index (χ1n) is 4.64. The monoisotopic (exact) mass is 233 g/mol. The van der Waals surface area contributed by atoms with E-state index < -0.39 is 0 Å². The highest BCUT2D eigenvalue weighted by molar-refractivity contribution is 9.09. The highest BCUT2D eigenvalue weighted by atomic mass is 79.9. The van der Waals surface area contributed by atoms with Gasteiger partial charge in [0.1, 0.15) is 0 Å². The van der Waals surface area contributed by atoms with E-state index in [4.69, 9.17) is 0 Å². The van der Waals surface area contributed by atoms with Crippen LogP contribution in [0, 0.1) is 0 Å². The molecule has 0 spiro atoms. The molecule has 1 fully saturated rings. The summed E-state index contributed by atoms with van der Waals surface area (Å²) in [7, 11) is 2.24. The molecule has 0 aromatic heterocycles. The lowest BCUT2D eigenvalue weighted by molar-refractivity contribution is 0.00230. The molecule has 0 aliphatic carbocycles. The molecule has 0 aromatic rings. The predicted octanol–water partition coefficient (Wildman–Crippen LogP) is 3.03. The molecule has 0 bridgehead atoms. The molecule has 1 heterocycles. The van der Waals surface area contributed by atoms with Gasteiger partial charge in [-0.2, -0.15) is 0 Å². The van der Waals surface area contributed by atoms with E-state index in [0.717, 1.165) is 0 Å². The van der Waals surface area contributed by atoms with Crippen molar-refractivity contribution < 1.29 is 0 Å². The van der Waals surface area contributed by atoms with E-state index in [0.29, 0.717) is 15.9 Å². The molecule has 0 saturated carbocycles. The molecule has 0 atom stereocenters. The van der Waals surface area contributed by atoms with Gasteiger partial charge in [-0.1, -0.05) is 15.9 Å². The zero-order valence-electron chi connectivity index (χ0n) is 8.82. The van der Waals surface area contributed by atoms with E-state index in [1.807, 2.05) is 0 Å². The number of nitrogens with zero attached hydrogens (tertiary/aromatic N) is 1. The lowest BCUT2D eigenvalue weighted by Crippen LogP contribution is -2.58. The van der Waals surface area contributed by atoms with Crippen LogP contribution in [-0.4, -0.2) is 27.9 Å². The van der Waals surface area contributed by atoms with E-state index >= 15 is 0 Å². The van der Waals surface area contributed by atoms with Crippen molar-refractivity contribution in [2.24, 2.45) is 0 Å². The SMILES string of the molecule is CN1C(C)(C)CC(Br)CC1(C)C. The summed E-state index contributed by atoms with van der Waals surface area (Å²) >= 11 is 3.74. The lowest BCUT2D eigenvalue weighted by atomic mass is 9.80. The highest BCUT2D eigenvalue weighted by Gasteiger charge is 2.41. The summed E-state index contributed by atoms with van der Waals surface area (Å²) in [4.78, 5) is 3.18. The molecule has 1 nitrogen and oxygen atoms in total. The largest absolute Gasteiger partial charge is 0.296 e. The van der Waals surface area contributed by atoms with Gasteiger partial charge in [-0.15, -0.1) is 0 Å². The Balaban J connectivity index is 2.84. The standard InChI is InChI=1S/C10H20BrN/c1-9(2)6-8(11)7-10(3,4)12(9)5/h8H,6-7H2,1-5H3. The van der Waals surface area contributed by atoms with Crippen molar-refractivity contribution in [2.75, 3.05) is 7.05 Å². The Bertz CT molecular complexity index is 157. The van der Waals surface area contributed by atoms with Gasteiger partial charge in [-0.25, -0.2) is 0 Å². The van der Waals surface area contributed by atoms with Gasteiger partial charge in [-0.05, 0) is 47.6 Å². The van der Waals surface area contributed by atoms with Crippen molar-refractivity contribution in [3.8, 4) is 0 Å². The predicted molar refractivity (Wildman–Crippen MR) is 57.9 cm³/mol. The van der Waals surface area contributed by atoms with Crippen molar-refractivity contribution in [1.82, 2.24) is 4.90 Å². The summed E-state index contributed by atoms with van der Waals surface area (Å²) in [6, 6.07) is 0. The number of hydrogen-bond acceptors (Lipinski definition) is 1. The second kappa shape index (κ2) is 2.98. The van der Waals surface area contributed by atoms with Gasteiger partial charge in [0.15, 0.2) is 0 Å². The average molecular weight is 234 g/mol. The second-order valence-electron chi connectivity index (χ2n) is 5.19. The summed E-state index contributed by atoms with van der Waals surface area (Å²) in [5.41, 5.74) is 0.659. The smallest absolute Gasteiger partial charge is 0.0180 e. The van der Waals surface area contributed by atoms with Crippen LogP contribution in [0.25, 0.3) is 0 Å². The number of rotatable bonds is 0. The first-order chi connectivity index (χ1) is 5.26. The highest BCUT2D eigenvalue weighted by Crippen LogP contribution is 2.39. The van der Waals surface area contributed by atoms with Gasteiger partial charge in [0.05, 0.1) is 0 Å². The molecule has 1 aliphatic rings. The molecule has 0 N–H and O–H groups in total. The van der Waals surface area contributed by atoms with Crippen LogP contribution in [0.2, 0.25) is 0 Å². The Kier molecular flexibility index (Phi) is 2.62. The molecule has 0 radical (unpaired) electrons. The third kappa shape index (κ3) is 1.85. The zero-order chi connectivity index (χ0) is 9.57. The maximum absolute atomic E-state index is 3.74. The van der Waals surface area contributed by atoms with E-state index in [1.54, 1.807) is 0 Å². The van der Waals surface area contributed by atoms with E-state index in [9.17, 15) is 0 Å². The molecule has 0 amide bonds. The Morgan fingerprint density at radius 2 is 1.42 bits per heavy atom. The van der Waals surface area contributed by atoms with Gasteiger partial charge in [0, 0.05) is 15.9 Å². The molecular weight excluding hydrogens is 214 g/mol. The van der Waals surface area contributed by atoms with Gasteiger partial charge in [0.2, 0.25) is 0 Å². The molecular formula is C10H20BrN. The number of alkyl halides is 1. The Labute approximate surface area is 84.6 Å². The normalized spacial score (nSPS) is 30.5. The second-order valence-corrected chi connectivity index (χ2v) is 6.48. The first kappa shape index (κ1) is 10.5. The average Bonchev–Trinajstić information content (AvgIpc) is 1.80. The van der Waals surface area contributed by atoms with Crippen molar-refractivity contribution in [3.05, 3.63) is 0 Å². The number of piperidine rings is 1. The third-order valence-corrected chi connectivity index (χ3v) is 3.91. The minimum atomic E-state index is 0.329. The summed E-state index contributed by atoms with van der Waals surface area (Å²) in [5, 5.41) is 0. The molecule has 0 unspecified atom stereocenters. The van der Waals surface area contributed by atoms with E-state index in [2.05, 4.69) is 55.6 Å². The summed E-state index contributed by atoms with van der Waals surface area (Å²) in [6.07, 6.45) is 2.49. The van der Waals surface area contributed by atoms with Gasteiger partial charge < -0.3 is 0 Å². The molecule has 72 valence electrons. The fourth-order valence-electron chi connectivity index (χ4n) is 2.25. The topological polar surface area (TPSA) is 3.24 Å². The van der Waals surface area contributed by atoms with Crippen molar-refractivity contribution in [2.45, 2.75) is 56.4 Å². The Morgan fingerprint density at radius 1 is 1.08 bits per heavy atom. The summed E-state index contributed by atoms with van der Waals surface area (Å²) in [6.45, 7) is 9.29. The van der Waals surface area contributed by atoms with E-state index in [-0.39, 0.29) is 0 Å². The third-order valence-electron chi connectivity index (χ3n) is 3.26. The molecule has 12 heavy (non-hydrogen) atoms. The maximum atomic E-state index is 3.74. The Morgan fingerprint density at radius 3 is 1.75 bits per heavy atom.